The molecule has 1 fully saturated rings. The largest absolute Gasteiger partial charge is 0.337 e. The predicted molar refractivity (Wildman–Crippen MR) is 87.0 cm³/mol. The minimum atomic E-state index is -0.487. The third-order valence-electron chi connectivity index (χ3n) is 3.75. The number of amides is 1. The first-order valence-corrected chi connectivity index (χ1v) is 7.91. The van der Waals surface area contributed by atoms with Crippen molar-refractivity contribution in [1.29, 1.82) is 0 Å². The van der Waals surface area contributed by atoms with E-state index in [0.29, 0.717) is 5.88 Å². The highest BCUT2D eigenvalue weighted by Crippen LogP contribution is 2.16. The number of aromatic nitrogens is 4. The third-order valence-corrected chi connectivity index (χ3v) is 3.75. The average Bonchev–Trinajstić information content (AvgIpc) is 3.03. The van der Waals surface area contributed by atoms with E-state index >= 15 is 0 Å². The van der Waals surface area contributed by atoms with Crippen LogP contribution in [0, 0.1) is 5.41 Å². The van der Waals surface area contributed by atoms with Crippen LogP contribution in [0.2, 0.25) is 0 Å². The van der Waals surface area contributed by atoms with Crippen LogP contribution >= 0.6 is 0 Å². The second-order valence-electron chi connectivity index (χ2n) is 6.68. The second-order valence-corrected chi connectivity index (χ2v) is 6.68. The molecule has 9 heteroatoms. The van der Waals surface area contributed by atoms with E-state index in [0.717, 1.165) is 32.1 Å². The summed E-state index contributed by atoms with van der Waals surface area (Å²) in [6.45, 7) is 8.61. The topological polar surface area (TPSA) is 91.3 Å². The zero-order chi connectivity index (χ0) is 17.2. The van der Waals surface area contributed by atoms with E-state index in [1.807, 2.05) is 25.8 Å². The summed E-state index contributed by atoms with van der Waals surface area (Å²) in [5, 5.41) is 8.74. The van der Waals surface area contributed by atoms with Gasteiger partial charge in [0.25, 0.3) is 6.20 Å². The summed E-state index contributed by atoms with van der Waals surface area (Å²) in [6, 6.07) is 1.80. The Bertz CT molecular complexity index is 687. The van der Waals surface area contributed by atoms with Gasteiger partial charge in [0.1, 0.15) is 0 Å². The first-order valence-electron chi connectivity index (χ1n) is 7.91. The number of carbonyl (C=O) groups excluding carboxylic acids is 1. The Morgan fingerprint density at radius 2 is 1.88 bits per heavy atom. The first-order chi connectivity index (χ1) is 11.4. The van der Waals surface area contributed by atoms with Crippen LogP contribution in [0.15, 0.2) is 29.2 Å². The van der Waals surface area contributed by atoms with E-state index in [1.165, 1.54) is 0 Å². The maximum absolute atomic E-state index is 12.0. The molecule has 0 aliphatic carbocycles. The zero-order valence-electron chi connectivity index (χ0n) is 14.1. The molecule has 2 aromatic heterocycles. The highest BCUT2D eigenvalue weighted by atomic mass is 16.5. The van der Waals surface area contributed by atoms with E-state index in [9.17, 15) is 4.79 Å². The van der Waals surface area contributed by atoms with Gasteiger partial charge >= 0.3 is 5.88 Å². The SMILES string of the molecule is CC(C)(C)C(=O)Nc1c[n+](N2CCN(c3ncccn3)CC2)no1. The van der Waals surface area contributed by atoms with Crippen LogP contribution in [-0.4, -0.2) is 47.3 Å². The molecular formula is C15H22N7O2+. The summed E-state index contributed by atoms with van der Waals surface area (Å²) in [6.07, 6.45) is 5.16. The summed E-state index contributed by atoms with van der Waals surface area (Å²) in [7, 11) is 0. The van der Waals surface area contributed by atoms with Crippen LogP contribution in [0.5, 0.6) is 0 Å². The fraction of sp³-hybridized carbons (Fsp3) is 0.533. The zero-order valence-corrected chi connectivity index (χ0v) is 14.1. The minimum Gasteiger partial charge on any atom is -0.337 e. The molecule has 1 aliphatic heterocycles. The molecule has 3 heterocycles. The molecular weight excluding hydrogens is 310 g/mol. The van der Waals surface area contributed by atoms with Crippen LogP contribution in [0.3, 0.4) is 0 Å². The molecule has 0 bridgehead atoms. The smallest absolute Gasteiger partial charge is 0.305 e. The molecule has 9 nitrogen and oxygen atoms in total. The summed E-state index contributed by atoms with van der Waals surface area (Å²) >= 11 is 0. The van der Waals surface area contributed by atoms with Gasteiger partial charge in [0, 0.05) is 30.9 Å². The monoisotopic (exact) mass is 332 g/mol. The van der Waals surface area contributed by atoms with Gasteiger partial charge in [0.15, 0.2) is 0 Å². The lowest BCUT2D eigenvalue weighted by Crippen LogP contribution is -2.65. The maximum Gasteiger partial charge on any atom is 0.305 e. The van der Waals surface area contributed by atoms with Crippen LogP contribution in [-0.2, 0) is 4.79 Å². The molecule has 3 rings (SSSR count). The molecule has 0 radical (unpaired) electrons. The Morgan fingerprint density at radius 3 is 2.50 bits per heavy atom. The molecule has 0 atom stereocenters. The molecule has 1 saturated heterocycles. The van der Waals surface area contributed by atoms with Crippen LogP contribution in [0.4, 0.5) is 11.8 Å². The number of piperazine rings is 1. The van der Waals surface area contributed by atoms with E-state index in [2.05, 4.69) is 25.5 Å². The Kier molecular flexibility index (Phi) is 4.32. The first kappa shape index (κ1) is 16.2. The number of hydrogen-bond donors (Lipinski definition) is 1. The van der Waals surface area contributed by atoms with Crippen molar-refractivity contribution >= 4 is 17.7 Å². The lowest BCUT2D eigenvalue weighted by atomic mass is 9.96. The van der Waals surface area contributed by atoms with Gasteiger partial charge < -0.3 is 4.90 Å². The fourth-order valence-electron chi connectivity index (χ4n) is 2.28. The number of nitrogens with zero attached hydrogens (tertiary/aromatic N) is 6. The molecule has 0 unspecified atom stereocenters. The fourth-order valence-corrected chi connectivity index (χ4v) is 2.28. The van der Waals surface area contributed by atoms with Crippen molar-refractivity contribution < 1.29 is 14.1 Å². The summed E-state index contributed by atoms with van der Waals surface area (Å²) < 4.78 is 5.20. The molecule has 0 aromatic carbocycles. The highest BCUT2D eigenvalue weighted by molar-refractivity contribution is 5.93. The molecule has 1 N–H and O–H groups in total. The molecule has 1 amide bonds. The van der Waals surface area contributed by atoms with Gasteiger partial charge in [-0.05, 0) is 6.07 Å². The summed E-state index contributed by atoms with van der Waals surface area (Å²) in [4.78, 5) is 24.3. The highest BCUT2D eigenvalue weighted by Gasteiger charge is 2.29. The van der Waals surface area contributed by atoms with Gasteiger partial charge in [0.2, 0.25) is 17.1 Å². The normalized spacial score (nSPS) is 15.5. The number of hydrogen-bond acceptors (Lipinski definition) is 7. The van der Waals surface area contributed by atoms with Gasteiger partial charge in [-0.15, -0.1) is 5.01 Å². The van der Waals surface area contributed by atoms with Gasteiger partial charge in [-0.25, -0.2) is 9.97 Å². The lowest BCUT2D eigenvalue weighted by Gasteiger charge is -2.29. The third kappa shape index (κ3) is 3.61. The van der Waals surface area contributed by atoms with Crippen molar-refractivity contribution in [2.24, 2.45) is 5.41 Å². The van der Waals surface area contributed by atoms with Gasteiger partial charge in [-0.2, -0.15) is 0 Å². The Hall–Kier alpha value is -2.71. The Labute approximate surface area is 140 Å². The van der Waals surface area contributed by atoms with E-state index in [1.54, 1.807) is 29.4 Å². The number of nitrogens with one attached hydrogen (secondary N) is 1. The van der Waals surface area contributed by atoms with Crippen LogP contribution in [0.25, 0.3) is 0 Å². The summed E-state index contributed by atoms with van der Waals surface area (Å²) in [5.41, 5.74) is -0.487. The quantitative estimate of drug-likeness (QED) is 0.803. The number of carbonyl (C=O) groups is 1. The van der Waals surface area contributed by atoms with E-state index in [4.69, 9.17) is 4.52 Å². The Balaban J connectivity index is 1.58. The van der Waals surface area contributed by atoms with E-state index < -0.39 is 5.41 Å². The number of rotatable bonds is 3. The maximum atomic E-state index is 12.0. The second kappa shape index (κ2) is 6.42. The molecule has 0 saturated carbocycles. The average molecular weight is 332 g/mol. The van der Waals surface area contributed by atoms with E-state index in [-0.39, 0.29) is 5.91 Å². The molecule has 2 aromatic rings. The Morgan fingerprint density at radius 1 is 1.21 bits per heavy atom. The van der Waals surface area contributed by atoms with Crippen molar-refractivity contribution in [1.82, 2.24) is 15.2 Å². The molecule has 0 spiro atoms. The van der Waals surface area contributed by atoms with Crippen molar-refractivity contribution in [3.05, 3.63) is 24.7 Å². The van der Waals surface area contributed by atoms with Crippen LogP contribution in [0.1, 0.15) is 20.8 Å². The van der Waals surface area contributed by atoms with Crippen molar-refractivity contribution in [3.63, 3.8) is 0 Å². The van der Waals surface area contributed by atoms with Crippen LogP contribution < -0.4 is 20.0 Å². The van der Waals surface area contributed by atoms with Gasteiger partial charge in [-0.1, -0.05) is 20.8 Å². The number of anilines is 2. The lowest BCUT2D eigenvalue weighted by molar-refractivity contribution is -0.758. The van der Waals surface area contributed by atoms with Crippen molar-refractivity contribution in [2.45, 2.75) is 20.8 Å². The molecule has 128 valence electrons. The standard InChI is InChI=1S/C15H21N7O2/c1-15(2,3)13(23)18-12-11-22(19-24-12)21-9-7-20(8-10-21)14-16-5-4-6-17-14/h4-6,11H,7-10H2,1-3H3/p+1. The minimum absolute atomic E-state index is 0.114. The van der Waals surface area contributed by atoms with Gasteiger partial charge in [0.05, 0.1) is 17.9 Å². The molecule has 24 heavy (non-hydrogen) atoms. The predicted octanol–water partition coefficient (Wildman–Crippen LogP) is 0.195. The van der Waals surface area contributed by atoms with Gasteiger partial charge in [-0.3, -0.25) is 14.6 Å². The van der Waals surface area contributed by atoms with Crippen molar-refractivity contribution in [3.8, 4) is 0 Å². The van der Waals surface area contributed by atoms with Crippen molar-refractivity contribution in [2.75, 3.05) is 41.4 Å². The summed E-state index contributed by atoms with van der Waals surface area (Å²) in [5.74, 6) is 0.959. The molecule has 1 aliphatic rings.